The monoisotopic (exact) mass is 497 g/mol. The summed E-state index contributed by atoms with van der Waals surface area (Å²) in [6, 6.07) is 8.80. The Balaban J connectivity index is 1.44. The number of fused-ring (bicyclic) bond motifs is 1. The molecule has 1 atom stereocenters. The second-order valence-electron chi connectivity index (χ2n) is 10.7. The van der Waals surface area contributed by atoms with Gasteiger partial charge < -0.3 is 15.0 Å². The lowest BCUT2D eigenvalue weighted by Gasteiger charge is -2.27. The number of alkyl halides is 2. The number of nitrogens with zero attached hydrogens (tertiary/aromatic N) is 4. The molecule has 6 nitrogen and oxygen atoms in total. The van der Waals surface area contributed by atoms with Gasteiger partial charge in [-0.15, -0.1) is 0 Å². The topological polar surface area (TPSA) is 66.2 Å². The van der Waals surface area contributed by atoms with Gasteiger partial charge in [0.2, 0.25) is 5.95 Å². The van der Waals surface area contributed by atoms with Crippen LogP contribution in [0.15, 0.2) is 36.7 Å². The van der Waals surface area contributed by atoms with Crippen LogP contribution in [0, 0.1) is 0 Å². The Bertz CT molecular complexity index is 1170. The molecule has 8 heteroatoms. The van der Waals surface area contributed by atoms with Crippen molar-refractivity contribution in [1.82, 2.24) is 19.4 Å². The van der Waals surface area contributed by atoms with Crippen LogP contribution >= 0.6 is 0 Å². The highest BCUT2D eigenvalue weighted by molar-refractivity contribution is 5.94. The Morgan fingerprint density at radius 1 is 1.17 bits per heavy atom. The Morgan fingerprint density at radius 3 is 2.58 bits per heavy atom. The highest BCUT2D eigenvalue weighted by Crippen LogP contribution is 2.37. The van der Waals surface area contributed by atoms with Crippen molar-refractivity contribution in [2.45, 2.75) is 89.4 Å². The van der Waals surface area contributed by atoms with Crippen LogP contribution in [0.3, 0.4) is 0 Å². The standard InChI is InChI=1S/C28H37F2N5O/c1-3-4-19(2)32-27-31-15-24-25(17-35(26(24)33-27)22-9-11-23(36)12-10-22)21-7-5-20(6-8-21)16-34-14-13-28(29,30)18-34/h5-8,15,17,19,22-23,36H,3-4,9-14,16,18H2,1-2H3,(H,31,32,33)/t19?,22-,23-. The molecular weight excluding hydrogens is 460 g/mol. The van der Waals surface area contributed by atoms with E-state index in [-0.39, 0.29) is 25.1 Å². The van der Waals surface area contributed by atoms with Gasteiger partial charge in [-0.1, -0.05) is 37.6 Å². The van der Waals surface area contributed by atoms with E-state index in [1.165, 1.54) is 0 Å². The molecule has 1 saturated carbocycles. The first-order chi connectivity index (χ1) is 17.3. The number of likely N-dealkylation sites (tertiary alicyclic amines) is 1. The number of aliphatic hydroxyl groups is 1. The Labute approximate surface area is 211 Å². The molecule has 36 heavy (non-hydrogen) atoms. The number of benzene rings is 1. The van der Waals surface area contributed by atoms with Gasteiger partial charge in [-0.05, 0) is 50.2 Å². The SMILES string of the molecule is CCCC(C)Nc1ncc2c(-c3ccc(CN4CCC(F)(F)C4)cc3)cn([C@H]3CC[C@H](O)CC3)c2n1. The largest absolute Gasteiger partial charge is 0.393 e. The highest BCUT2D eigenvalue weighted by Gasteiger charge is 2.37. The minimum absolute atomic E-state index is 0.0587. The molecule has 3 aromatic rings. The summed E-state index contributed by atoms with van der Waals surface area (Å²) in [5.41, 5.74) is 4.09. The number of halogens is 2. The van der Waals surface area contributed by atoms with E-state index in [2.05, 4.69) is 47.0 Å². The Morgan fingerprint density at radius 2 is 1.92 bits per heavy atom. The quantitative estimate of drug-likeness (QED) is 0.399. The van der Waals surface area contributed by atoms with E-state index in [4.69, 9.17) is 4.98 Å². The predicted molar refractivity (Wildman–Crippen MR) is 139 cm³/mol. The van der Waals surface area contributed by atoms with E-state index in [0.29, 0.717) is 25.1 Å². The van der Waals surface area contributed by atoms with Crippen molar-refractivity contribution in [3.05, 3.63) is 42.2 Å². The van der Waals surface area contributed by atoms with E-state index in [0.717, 1.165) is 66.2 Å². The zero-order chi connectivity index (χ0) is 25.3. The number of aromatic nitrogens is 3. The molecule has 2 aromatic heterocycles. The minimum atomic E-state index is -2.57. The number of hydrogen-bond donors (Lipinski definition) is 2. The van der Waals surface area contributed by atoms with Crippen LogP contribution in [0.4, 0.5) is 14.7 Å². The molecule has 1 unspecified atom stereocenters. The van der Waals surface area contributed by atoms with Gasteiger partial charge in [0.15, 0.2) is 0 Å². The summed E-state index contributed by atoms with van der Waals surface area (Å²) in [6.07, 6.45) is 9.40. The lowest BCUT2D eigenvalue weighted by molar-refractivity contribution is 0.0115. The van der Waals surface area contributed by atoms with Crippen molar-refractivity contribution in [3.63, 3.8) is 0 Å². The molecule has 1 saturated heterocycles. The predicted octanol–water partition coefficient (Wildman–Crippen LogP) is 6.02. The van der Waals surface area contributed by atoms with Gasteiger partial charge in [-0.3, -0.25) is 4.90 Å². The molecule has 3 heterocycles. The molecule has 1 aliphatic carbocycles. The second-order valence-corrected chi connectivity index (χ2v) is 10.7. The zero-order valence-corrected chi connectivity index (χ0v) is 21.3. The summed E-state index contributed by atoms with van der Waals surface area (Å²) in [6.45, 7) is 5.12. The van der Waals surface area contributed by atoms with Gasteiger partial charge in [-0.2, -0.15) is 4.98 Å². The Kier molecular flexibility index (Phi) is 7.26. The van der Waals surface area contributed by atoms with Crippen LogP contribution in [-0.2, 0) is 6.54 Å². The smallest absolute Gasteiger partial charge is 0.261 e. The lowest BCUT2D eigenvalue weighted by atomic mass is 9.93. The van der Waals surface area contributed by atoms with Gasteiger partial charge in [0.25, 0.3) is 5.92 Å². The maximum Gasteiger partial charge on any atom is 0.261 e. The van der Waals surface area contributed by atoms with Crippen molar-refractivity contribution in [2.75, 3.05) is 18.4 Å². The van der Waals surface area contributed by atoms with Crippen LogP contribution in [0.1, 0.15) is 70.4 Å². The van der Waals surface area contributed by atoms with E-state index in [1.807, 2.05) is 23.2 Å². The van der Waals surface area contributed by atoms with Crippen molar-refractivity contribution in [2.24, 2.45) is 0 Å². The molecule has 5 rings (SSSR count). The average Bonchev–Trinajstić information content (AvgIpc) is 3.39. The zero-order valence-electron chi connectivity index (χ0n) is 21.3. The molecule has 0 amide bonds. The molecule has 2 fully saturated rings. The number of hydrogen-bond acceptors (Lipinski definition) is 5. The molecule has 1 aromatic carbocycles. The van der Waals surface area contributed by atoms with Crippen LogP contribution in [0.25, 0.3) is 22.2 Å². The summed E-state index contributed by atoms with van der Waals surface area (Å²) in [5.74, 6) is -1.93. The van der Waals surface area contributed by atoms with E-state index in [1.54, 1.807) is 0 Å². The number of anilines is 1. The van der Waals surface area contributed by atoms with Crippen LogP contribution in [0.5, 0.6) is 0 Å². The summed E-state index contributed by atoms with van der Waals surface area (Å²) in [5, 5.41) is 14.5. The van der Waals surface area contributed by atoms with Crippen molar-refractivity contribution >= 4 is 17.0 Å². The first-order valence-corrected chi connectivity index (χ1v) is 13.3. The van der Waals surface area contributed by atoms with Crippen LogP contribution < -0.4 is 5.32 Å². The fourth-order valence-corrected chi connectivity index (χ4v) is 5.66. The van der Waals surface area contributed by atoms with Gasteiger partial charge in [0.05, 0.1) is 12.6 Å². The second kappa shape index (κ2) is 10.4. The average molecular weight is 498 g/mol. The molecule has 2 aliphatic rings. The third-order valence-electron chi connectivity index (χ3n) is 7.65. The lowest BCUT2D eigenvalue weighted by Crippen LogP contribution is -2.24. The maximum atomic E-state index is 13.6. The van der Waals surface area contributed by atoms with Crippen molar-refractivity contribution in [1.29, 1.82) is 0 Å². The number of nitrogens with one attached hydrogen (secondary N) is 1. The fraction of sp³-hybridized carbons (Fsp3) is 0.571. The molecule has 2 N–H and O–H groups in total. The molecule has 0 bridgehead atoms. The van der Waals surface area contributed by atoms with E-state index in [9.17, 15) is 13.9 Å². The van der Waals surface area contributed by atoms with Gasteiger partial charge >= 0.3 is 0 Å². The van der Waals surface area contributed by atoms with Crippen LogP contribution in [-0.4, -0.2) is 55.7 Å². The van der Waals surface area contributed by atoms with Gasteiger partial charge in [-0.25, -0.2) is 13.8 Å². The summed E-state index contributed by atoms with van der Waals surface area (Å²) in [4.78, 5) is 11.4. The third-order valence-corrected chi connectivity index (χ3v) is 7.65. The van der Waals surface area contributed by atoms with Gasteiger partial charge in [0, 0.05) is 54.9 Å². The normalized spacial score (nSPS) is 23.2. The number of rotatable bonds is 8. The molecule has 0 spiro atoms. The maximum absolute atomic E-state index is 13.6. The van der Waals surface area contributed by atoms with Crippen LogP contribution in [0.2, 0.25) is 0 Å². The first kappa shape index (κ1) is 25.1. The van der Waals surface area contributed by atoms with Crippen molar-refractivity contribution in [3.8, 4) is 11.1 Å². The van der Waals surface area contributed by atoms with Gasteiger partial charge in [0.1, 0.15) is 5.65 Å². The number of aliphatic hydroxyl groups excluding tert-OH is 1. The van der Waals surface area contributed by atoms with E-state index < -0.39 is 5.92 Å². The molecule has 194 valence electrons. The Hall–Kier alpha value is -2.58. The summed E-state index contributed by atoms with van der Waals surface area (Å²) in [7, 11) is 0. The molecule has 1 aliphatic heterocycles. The minimum Gasteiger partial charge on any atom is -0.393 e. The van der Waals surface area contributed by atoms with Crippen molar-refractivity contribution < 1.29 is 13.9 Å². The fourth-order valence-electron chi connectivity index (χ4n) is 5.66. The summed E-state index contributed by atoms with van der Waals surface area (Å²) >= 11 is 0. The third kappa shape index (κ3) is 5.54. The first-order valence-electron chi connectivity index (χ1n) is 13.3. The highest BCUT2D eigenvalue weighted by atomic mass is 19.3. The van der Waals surface area contributed by atoms with E-state index >= 15 is 0 Å². The summed E-state index contributed by atoms with van der Waals surface area (Å²) < 4.78 is 29.4. The molecule has 0 radical (unpaired) electrons. The molecular formula is C28H37F2N5O.